The second kappa shape index (κ2) is 7.27. The summed E-state index contributed by atoms with van der Waals surface area (Å²) in [6, 6.07) is 5.26. The van der Waals surface area contributed by atoms with Gasteiger partial charge in [0.25, 0.3) is 0 Å². The lowest BCUT2D eigenvalue weighted by molar-refractivity contribution is 0.235. The predicted molar refractivity (Wildman–Crippen MR) is 80.3 cm³/mol. The number of thiophene rings is 1. The lowest BCUT2D eigenvalue weighted by Gasteiger charge is -2.24. The molecular weight excluding hydrogens is 240 g/mol. The Balaban J connectivity index is 1.55. The highest BCUT2D eigenvalue weighted by Gasteiger charge is 2.28. The lowest BCUT2D eigenvalue weighted by Crippen LogP contribution is -2.36. The molecule has 0 unspecified atom stereocenters. The third-order valence-corrected chi connectivity index (χ3v) is 4.30. The quantitative estimate of drug-likeness (QED) is 0.691. The van der Waals surface area contributed by atoms with Crippen LogP contribution in [0.25, 0.3) is 0 Å². The van der Waals surface area contributed by atoms with Crippen LogP contribution >= 0.6 is 11.3 Å². The van der Waals surface area contributed by atoms with Crippen molar-refractivity contribution in [2.24, 2.45) is 5.92 Å². The Bertz CT molecular complexity index is 317. The van der Waals surface area contributed by atoms with E-state index in [0.717, 1.165) is 25.0 Å². The molecule has 1 N–H and O–H groups in total. The predicted octanol–water partition coefficient (Wildman–Crippen LogP) is 3.00. The molecule has 2 nitrogen and oxygen atoms in total. The van der Waals surface area contributed by atoms with Gasteiger partial charge >= 0.3 is 0 Å². The maximum Gasteiger partial charge on any atom is 0.0110 e. The van der Waals surface area contributed by atoms with Crippen molar-refractivity contribution in [3.63, 3.8) is 0 Å². The van der Waals surface area contributed by atoms with Gasteiger partial charge in [-0.3, -0.25) is 4.90 Å². The average Bonchev–Trinajstić information content (AvgIpc) is 3.05. The van der Waals surface area contributed by atoms with Crippen LogP contribution in [0, 0.1) is 5.92 Å². The van der Waals surface area contributed by atoms with Crippen molar-refractivity contribution in [2.45, 2.75) is 39.2 Å². The second-order valence-electron chi connectivity index (χ2n) is 5.70. The summed E-state index contributed by atoms with van der Waals surface area (Å²) >= 11 is 1.86. The van der Waals surface area contributed by atoms with Crippen molar-refractivity contribution in [3.05, 3.63) is 22.4 Å². The Kier molecular flexibility index (Phi) is 5.67. The van der Waals surface area contributed by atoms with Gasteiger partial charge in [-0.05, 0) is 36.6 Å². The van der Waals surface area contributed by atoms with Crippen molar-refractivity contribution >= 4 is 11.3 Å². The molecule has 0 bridgehead atoms. The average molecular weight is 266 g/mol. The van der Waals surface area contributed by atoms with Crippen molar-refractivity contribution in [1.82, 2.24) is 10.2 Å². The van der Waals surface area contributed by atoms with E-state index in [1.807, 2.05) is 11.3 Å². The number of hydrogen-bond donors (Lipinski definition) is 1. The zero-order valence-corrected chi connectivity index (χ0v) is 12.5. The van der Waals surface area contributed by atoms with Gasteiger partial charge in [-0.1, -0.05) is 19.9 Å². The Morgan fingerprint density at radius 1 is 1.39 bits per heavy atom. The molecule has 1 fully saturated rings. The minimum absolute atomic E-state index is 0.789. The zero-order valence-electron chi connectivity index (χ0n) is 11.7. The van der Waals surface area contributed by atoms with Crippen LogP contribution in [0.3, 0.4) is 0 Å². The topological polar surface area (TPSA) is 15.3 Å². The van der Waals surface area contributed by atoms with Crippen LogP contribution in [0.15, 0.2) is 17.5 Å². The van der Waals surface area contributed by atoms with Crippen LogP contribution in [0.5, 0.6) is 0 Å². The van der Waals surface area contributed by atoms with Crippen molar-refractivity contribution in [2.75, 3.05) is 26.2 Å². The number of hydrogen-bond acceptors (Lipinski definition) is 3. The largest absolute Gasteiger partial charge is 0.315 e. The summed E-state index contributed by atoms with van der Waals surface area (Å²) in [7, 11) is 0. The molecule has 102 valence electrons. The first-order valence-electron chi connectivity index (χ1n) is 7.23. The van der Waals surface area contributed by atoms with Gasteiger partial charge in [0.2, 0.25) is 0 Å². The van der Waals surface area contributed by atoms with E-state index < -0.39 is 0 Å². The minimum atomic E-state index is 0.789. The van der Waals surface area contributed by atoms with Crippen LogP contribution in [-0.4, -0.2) is 37.1 Å². The van der Waals surface area contributed by atoms with Gasteiger partial charge < -0.3 is 5.32 Å². The van der Waals surface area contributed by atoms with E-state index in [4.69, 9.17) is 0 Å². The van der Waals surface area contributed by atoms with Crippen LogP contribution in [0.1, 0.15) is 31.6 Å². The summed E-state index contributed by atoms with van der Waals surface area (Å²) in [5, 5.41) is 5.73. The van der Waals surface area contributed by atoms with E-state index in [2.05, 4.69) is 41.6 Å². The summed E-state index contributed by atoms with van der Waals surface area (Å²) in [4.78, 5) is 4.16. The van der Waals surface area contributed by atoms with E-state index in [-0.39, 0.29) is 0 Å². The second-order valence-corrected chi connectivity index (χ2v) is 6.73. The number of rotatable bonds is 9. The van der Waals surface area contributed by atoms with Gasteiger partial charge in [0.05, 0.1) is 0 Å². The molecular formula is C15H26N2S. The Hall–Kier alpha value is -0.380. The van der Waals surface area contributed by atoms with E-state index in [0.29, 0.717) is 0 Å². The Morgan fingerprint density at radius 2 is 2.22 bits per heavy atom. The first-order valence-corrected chi connectivity index (χ1v) is 8.11. The molecule has 0 aromatic carbocycles. The summed E-state index contributed by atoms with van der Waals surface area (Å²) in [6.45, 7) is 9.36. The highest BCUT2D eigenvalue weighted by molar-refractivity contribution is 7.09. The molecule has 0 radical (unpaired) electrons. The molecule has 18 heavy (non-hydrogen) atoms. The van der Waals surface area contributed by atoms with Gasteiger partial charge in [0.15, 0.2) is 0 Å². The van der Waals surface area contributed by atoms with E-state index in [9.17, 15) is 0 Å². The van der Waals surface area contributed by atoms with Crippen molar-refractivity contribution < 1.29 is 0 Å². The van der Waals surface area contributed by atoms with Crippen LogP contribution in [0.2, 0.25) is 0 Å². The molecule has 1 aromatic heterocycles. The summed E-state index contributed by atoms with van der Waals surface area (Å²) < 4.78 is 0. The first-order chi connectivity index (χ1) is 8.75. The van der Waals surface area contributed by atoms with E-state index in [1.54, 1.807) is 0 Å². The fourth-order valence-electron chi connectivity index (χ4n) is 2.35. The minimum Gasteiger partial charge on any atom is -0.315 e. The van der Waals surface area contributed by atoms with E-state index in [1.165, 1.54) is 37.2 Å². The normalized spacial score (nSPS) is 15.8. The summed E-state index contributed by atoms with van der Waals surface area (Å²) in [5.74, 6) is 0.789. The molecule has 1 aliphatic carbocycles. The summed E-state index contributed by atoms with van der Waals surface area (Å²) in [5.41, 5.74) is 0. The first kappa shape index (κ1) is 14.0. The van der Waals surface area contributed by atoms with Gasteiger partial charge in [-0.25, -0.2) is 0 Å². The van der Waals surface area contributed by atoms with Crippen molar-refractivity contribution in [3.8, 4) is 0 Å². The Labute approximate surface area is 115 Å². The molecule has 0 saturated heterocycles. The maximum atomic E-state index is 3.58. The molecule has 3 heteroatoms. The molecule has 1 aliphatic rings. The van der Waals surface area contributed by atoms with Crippen LogP contribution in [0.4, 0.5) is 0 Å². The molecule has 1 heterocycles. The number of nitrogens with zero attached hydrogens (tertiary/aromatic N) is 1. The SMILES string of the molecule is CC(C)CN(CCNCCc1cccs1)C1CC1. The van der Waals surface area contributed by atoms with Gasteiger partial charge in [0.1, 0.15) is 0 Å². The fourth-order valence-corrected chi connectivity index (χ4v) is 3.05. The zero-order chi connectivity index (χ0) is 12.8. The molecule has 0 spiro atoms. The molecule has 2 rings (SSSR count). The third-order valence-electron chi connectivity index (χ3n) is 3.37. The van der Waals surface area contributed by atoms with E-state index >= 15 is 0 Å². The summed E-state index contributed by atoms with van der Waals surface area (Å²) in [6.07, 6.45) is 4.01. The van der Waals surface area contributed by atoms with Crippen molar-refractivity contribution in [1.29, 1.82) is 0 Å². The van der Waals surface area contributed by atoms with Gasteiger partial charge in [0, 0.05) is 37.1 Å². The molecule has 0 aliphatic heterocycles. The molecule has 1 saturated carbocycles. The van der Waals surface area contributed by atoms with Gasteiger partial charge in [-0.2, -0.15) is 0 Å². The maximum absolute atomic E-state index is 3.58. The lowest BCUT2D eigenvalue weighted by atomic mass is 10.2. The monoisotopic (exact) mass is 266 g/mol. The van der Waals surface area contributed by atoms with Crippen LogP contribution < -0.4 is 5.32 Å². The fraction of sp³-hybridized carbons (Fsp3) is 0.733. The highest BCUT2D eigenvalue weighted by Crippen LogP contribution is 2.26. The number of nitrogens with one attached hydrogen (secondary N) is 1. The molecule has 0 atom stereocenters. The van der Waals surface area contributed by atoms with Gasteiger partial charge in [-0.15, -0.1) is 11.3 Å². The standard InChI is InChI=1S/C15H26N2S/c1-13(2)12-17(14-5-6-14)10-9-16-8-7-15-4-3-11-18-15/h3-4,11,13-14,16H,5-10,12H2,1-2H3. The smallest absolute Gasteiger partial charge is 0.0110 e. The Morgan fingerprint density at radius 3 is 2.83 bits per heavy atom. The van der Waals surface area contributed by atoms with Crippen LogP contribution in [-0.2, 0) is 6.42 Å². The molecule has 0 amide bonds. The molecule has 1 aromatic rings. The third kappa shape index (κ3) is 5.09. The highest BCUT2D eigenvalue weighted by atomic mass is 32.1.